The normalized spacial score (nSPS) is 15.1. The molecular formula is C25H36N2O8. The SMILES string of the molecule is COC(=O)[C@H](CCCCNC(=O)CC/C(C)=C/CC1=C(C)C(=O)C(OC)=C(OC)C1=O)NC(C)=O. The van der Waals surface area contributed by atoms with Gasteiger partial charge in [-0.2, -0.15) is 0 Å². The Balaban J connectivity index is 2.46. The lowest BCUT2D eigenvalue weighted by atomic mass is 9.90. The van der Waals surface area contributed by atoms with Crippen LogP contribution in [0.15, 0.2) is 34.3 Å². The molecule has 0 aromatic heterocycles. The van der Waals surface area contributed by atoms with Crippen LogP contribution in [0.3, 0.4) is 0 Å². The molecule has 1 aliphatic rings. The van der Waals surface area contributed by atoms with Gasteiger partial charge in [0, 0.05) is 31.0 Å². The maximum atomic E-state index is 12.7. The maximum absolute atomic E-state index is 12.7. The molecule has 10 heteroatoms. The first-order valence-corrected chi connectivity index (χ1v) is 11.5. The van der Waals surface area contributed by atoms with Crippen LogP contribution < -0.4 is 10.6 Å². The van der Waals surface area contributed by atoms with Crippen LogP contribution in [0.1, 0.15) is 59.3 Å². The van der Waals surface area contributed by atoms with Crippen LogP contribution in [0.5, 0.6) is 0 Å². The van der Waals surface area contributed by atoms with Gasteiger partial charge in [0.2, 0.25) is 34.9 Å². The van der Waals surface area contributed by atoms with Crippen molar-refractivity contribution in [2.45, 2.75) is 65.3 Å². The van der Waals surface area contributed by atoms with Gasteiger partial charge in [-0.05, 0) is 46.0 Å². The first-order chi connectivity index (χ1) is 16.6. The van der Waals surface area contributed by atoms with Crippen molar-refractivity contribution in [1.82, 2.24) is 10.6 Å². The van der Waals surface area contributed by atoms with Crippen molar-refractivity contribution in [2.24, 2.45) is 0 Å². The number of esters is 1. The Bertz CT molecular complexity index is 930. The standard InChI is InChI=1S/C25H36N2O8/c1-15(10-12-18-16(2)21(30)23(33-4)24(34-5)22(18)31)11-13-20(29)26-14-8-7-9-19(25(32)35-6)27-17(3)28/h10,19H,7-9,11-14H2,1-6H3,(H,26,29)(H,27,28)/b15-10+/t19-/m0/s1. The van der Waals surface area contributed by atoms with Crippen molar-refractivity contribution in [1.29, 1.82) is 0 Å². The molecule has 2 amide bonds. The monoisotopic (exact) mass is 492 g/mol. The van der Waals surface area contributed by atoms with Crippen LogP contribution in [0.25, 0.3) is 0 Å². The highest BCUT2D eigenvalue weighted by Gasteiger charge is 2.34. The largest absolute Gasteiger partial charge is 0.489 e. The summed E-state index contributed by atoms with van der Waals surface area (Å²) in [5.41, 5.74) is 1.58. The molecule has 0 saturated carbocycles. The molecule has 0 bridgehead atoms. The highest BCUT2D eigenvalue weighted by molar-refractivity contribution is 6.23. The van der Waals surface area contributed by atoms with Gasteiger partial charge in [0.25, 0.3) is 0 Å². The minimum Gasteiger partial charge on any atom is -0.489 e. The zero-order chi connectivity index (χ0) is 26.5. The second-order valence-corrected chi connectivity index (χ2v) is 8.20. The molecule has 0 aliphatic heterocycles. The van der Waals surface area contributed by atoms with Gasteiger partial charge < -0.3 is 24.8 Å². The molecule has 1 aliphatic carbocycles. The number of carbonyl (C=O) groups excluding carboxylic acids is 5. The molecule has 10 nitrogen and oxygen atoms in total. The number of methoxy groups -OCH3 is 3. The van der Waals surface area contributed by atoms with Crippen molar-refractivity contribution in [3.63, 3.8) is 0 Å². The molecule has 194 valence electrons. The number of ether oxygens (including phenoxy) is 3. The molecule has 0 unspecified atom stereocenters. The van der Waals surface area contributed by atoms with Gasteiger partial charge in [-0.3, -0.25) is 19.2 Å². The van der Waals surface area contributed by atoms with E-state index < -0.39 is 12.0 Å². The summed E-state index contributed by atoms with van der Waals surface area (Å²) in [7, 11) is 3.90. The Morgan fingerprint density at radius 2 is 1.57 bits per heavy atom. The number of allylic oxidation sites excluding steroid dienone is 4. The minimum absolute atomic E-state index is 0.0907. The number of carbonyl (C=O) groups is 5. The highest BCUT2D eigenvalue weighted by atomic mass is 16.5. The zero-order valence-electron chi connectivity index (χ0n) is 21.4. The molecule has 2 N–H and O–H groups in total. The number of unbranched alkanes of at least 4 members (excludes halogenated alkanes) is 1. The van der Waals surface area contributed by atoms with Gasteiger partial charge in [-0.15, -0.1) is 0 Å². The number of hydrogen-bond donors (Lipinski definition) is 2. The molecule has 0 heterocycles. The number of nitrogens with one attached hydrogen (secondary N) is 2. The summed E-state index contributed by atoms with van der Waals surface area (Å²) in [6.45, 7) is 5.23. The molecule has 0 fully saturated rings. The number of amides is 2. The van der Waals surface area contributed by atoms with Crippen LogP contribution >= 0.6 is 0 Å². The van der Waals surface area contributed by atoms with E-state index in [0.29, 0.717) is 43.4 Å². The third kappa shape index (κ3) is 9.03. The van der Waals surface area contributed by atoms with Crippen LogP contribution in [0.2, 0.25) is 0 Å². The molecule has 0 saturated heterocycles. The maximum Gasteiger partial charge on any atom is 0.328 e. The Kier molecular flexibility index (Phi) is 12.5. The number of hydrogen-bond acceptors (Lipinski definition) is 8. The van der Waals surface area contributed by atoms with E-state index in [-0.39, 0.29) is 47.7 Å². The lowest BCUT2D eigenvalue weighted by Gasteiger charge is -2.19. The van der Waals surface area contributed by atoms with E-state index in [1.807, 2.05) is 13.0 Å². The van der Waals surface area contributed by atoms with Gasteiger partial charge in [0.1, 0.15) is 6.04 Å². The molecule has 1 atom stereocenters. The molecule has 0 aromatic rings. The number of rotatable bonds is 14. The topological polar surface area (TPSA) is 137 Å². The Morgan fingerprint density at radius 1 is 0.943 bits per heavy atom. The Hall–Kier alpha value is -3.43. The highest BCUT2D eigenvalue weighted by Crippen LogP contribution is 2.28. The second kappa shape index (κ2) is 14.7. The first kappa shape index (κ1) is 29.6. The first-order valence-electron chi connectivity index (χ1n) is 11.5. The van der Waals surface area contributed by atoms with Crippen molar-refractivity contribution in [3.05, 3.63) is 34.3 Å². The molecule has 35 heavy (non-hydrogen) atoms. The van der Waals surface area contributed by atoms with Crippen LogP contribution in [-0.4, -0.2) is 63.3 Å². The Morgan fingerprint density at radius 3 is 2.14 bits per heavy atom. The van der Waals surface area contributed by atoms with E-state index in [4.69, 9.17) is 9.47 Å². The van der Waals surface area contributed by atoms with Crippen LogP contribution in [0.4, 0.5) is 0 Å². The van der Waals surface area contributed by atoms with E-state index in [0.717, 1.165) is 5.57 Å². The Labute approximate surface area is 206 Å². The van der Waals surface area contributed by atoms with Crippen molar-refractivity contribution in [2.75, 3.05) is 27.9 Å². The van der Waals surface area contributed by atoms with Gasteiger partial charge in [-0.1, -0.05) is 11.6 Å². The third-order valence-electron chi connectivity index (χ3n) is 5.60. The average Bonchev–Trinajstić information content (AvgIpc) is 2.82. The zero-order valence-corrected chi connectivity index (χ0v) is 21.4. The predicted octanol–water partition coefficient (Wildman–Crippen LogP) is 2.04. The summed E-state index contributed by atoms with van der Waals surface area (Å²) < 4.78 is 14.8. The lowest BCUT2D eigenvalue weighted by molar-refractivity contribution is -0.145. The molecular weight excluding hydrogens is 456 g/mol. The molecule has 0 aromatic carbocycles. The van der Waals surface area contributed by atoms with E-state index >= 15 is 0 Å². The van der Waals surface area contributed by atoms with Gasteiger partial charge >= 0.3 is 5.97 Å². The third-order valence-corrected chi connectivity index (χ3v) is 5.60. The number of Topliss-reactive ketones (excluding diaryl/α,β-unsaturated/α-hetero) is 2. The smallest absolute Gasteiger partial charge is 0.328 e. The van der Waals surface area contributed by atoms with Crippen LogP contribution in [-0.2, 0) is 38.2 Å². The predicted molar refractivity (Wildman–Crippen MR) is 128 cm³/mol. The fraction of sp³-hybridized carbons (Fsp3) is 0.560. The molecule has 1 rings (SSSR count). The average molecular weight is 493 g/mol. The van der Waals surface area contributed by atoms with Gasteiger partial charge in [0.05, 0.1) is 21.3 Å². The summed E-state index contributed by atoms with van der Waals surface area (Å²) in [4.78, 5) is 60.1. The van der Waals surface area contributed by atoms with E-state index in [2.05, 4.69) is 15.4 Å². The van der Waals surface area contributed by atoms with Gasteiger partial charge in [-0.25, -0.2) is 4.79 Å². The fourth-order valence-corrected chi connectivity index (χ4v) is 3.55. The lowest BCUT2D eigenvalue weighted by Crippen LogP contribution is -2.40. The van der Waals surface area contributed by atoms with Crippen molar-refractivity contribution in [3.8, 4) is 0 Å². The fourth-order valence-electron chi connectivity index (χ4n) is 3.55. The summed E-state index contributed by atoms with van der Waals surface area (Å²) in [5, 5.41) is 5.38. The second-order valence-electron chi connectivity index (χ2n) is 8.20. The van der Waals surface area contributed by atoms with E-state index in [9.17, 15) is 24.0 Å². The van der Waals surface area contributed by atoms with Crippen molar-refractivity contribution < 1.29 is 38.2 Å². The quantitative estimate of drug-likeness (QED) is 0.163. The van der Waals surface area contributed by atoms with E-state index in [1.165, 1.54) is 28.3 Å². The van der Waals surface area contributed by atoms with Crippen molar-refractivity contribution >= 4 is 29.4 Å². The van der Waals surface area contributed by atoms with Gasteiger partial charge in [0.15, 0.2) is 0 Å². The minimum atomic E-state index is -0.692. The summed E-state index contributed by atoms with van der Waals surface area (Å²) in [6, 6.07) is -0.692. The summed E-state index contributed by atoms with van der Waals surface area (Å²) >= 11 is 0. The summed E-state index contributed by atoms with van der Waals surface area (Å²) in [6.07, 6.45) is 4.57. The van der Waals surface area contributed by atoms with Crippen LogP contribution in [0, 0.1) is 0 Å². The van der Waals surface area contributed by atoms with E-state index in [1.54, 1.807) is 6.92 Å². The summed E-state index contributed by atoms with van der Waals surface area (Å²) in [5.74, 6) is -1.86. The molecule has 0 radical (unpaired) electrons. The number of ketones is 2. The molecule has 0 spiro atoms.